The molecule has 5 nitrogen and oxygen atoms in total. The zero-order valence-corrected chi connectivity index (χ0v) is 13.2. The van der Waals surface area contributed by atoms with Crippen molar-refractivity contribution in [1.29, 1.82) is 0 Å². The molecule has 1 aromatic carbocycles. The summed E-state index contributed by atoms with van der Waals surface area (Å²) < 4.78 is 0. The molecule has 0 radical (unpaired) electrons. The van der Waals surface area contributed by atoms with E-state index in [4.69, 9.17) is 5.73 Å². The van der Waals surface area contributed by atoms with Crippen LogP contribution in [0.1, 0.15) is 26.7 Å². The van der Waals surface area contributed by atoms with E-state index < -0.39 is 5.41 Å². The summed E-state index contributed by atoms with van der Waals surface area (Å²) in [6, 6.07) is 7.36. The molecule has 0 spiro atoms. The highest BCUT2D eigenvalue weighted by molar-refractivity contribution is 5.98. The first-order valence-electron chi connectivity index (χ1n) is 6.86. The average Bonchev–Trinajstić information content (AvgIpc) is 2.85. The lowest BCUT2D eigenvalue weighted by atomic mass is 9.92. The maximum Gasteiger partial charge on any atom is 0.231 e. The van der Waals surface area contributed by atoms with Gasteiger partial charge in [-0.1, -0.05) is 6.07 Å². The minimum Gasteiger partial charge on any atom is -0.329 e. The summed E-state index contributed by atoms with van der Waals surface area (Å²) in [5, 5.41) is 2.85. The number of carbonyl (C=O) groups excluding carboxylic acids is 2. The summed E-state index contributed by atoms with van der Waals surface area (Å²) in [6.45, 7) is 4.63. The molecule has 0 aromatic heterocycles. The minimum absolute atomic E-state index is 0. The molecule has 21 heavy (non-hydrogen) atoms. The number of benzene rings is 1. The monoisotopic (exact) mass is 311 g/mol. The van der Waals surface area contributed by atoms with Gasteiger partial charge in [0, 0.05) is 30.9 Å². The van der Waals surface area contributed by atoms with E-state index in [1.54, 1.807) is 18.7 Å². The Morgan fingerprint density at radius 3 is 2.71 bits per heavy atom. The highest BCUT2D eigenvalue weighted by Gasteiger charge is 2.26. The standard InChI is InChI=1S/C15H21N3O2.ClH/c1-15(2,10-16)14(20)17-11-5-3-6-12(9-11)18-8-4-7-13(18)19;/h3,5-6,9H,4,7-8,10,16H2,1-2H3,(H,17,20);1H. The fourth-order valence-electron chi connectivity index (χ4n) is 2.07. The SMILES string of the molecule is CC(C)(CN)C(=O)Nc1cccc(N2CCCC2=O)c1.Cl. The molecule has 116 valence electrons. The van der Waals surface area contributed by atoms with Crippen LogP contribution in [-0.4, -0.2) is 24.9 Å². The van der Waals surface area contributed by atoms with Crippen molar-refractivity contribution in [2.75, 3.05) is 23.3 Å². The Morgan fingerprint density at radius 1 is 1.43 bits per heavy atom. The lowest BCUT2D eigenvalue weighted by molar-refractivity contribution is -0.123. The van der Waals surface area contributed by atoms with Gasteiger partial charge in [-0.2, -0.15) is 0 Å². The van der Waals surface area contributed by atoms with Gasteiger partial charge in [0.25, 0.3) is 0 Å². The van der Waals surface area contributed by atoms with Crippen LogP contribution in [0.4, 0.5) is 11.4 Å². The molecule has 0 saturated carbocycles. The molecule has 1 aliphatic rings. The van der Waals surface area contributed by atoms with Gasteiger partial charge in [0.05, 0.1) is 5.41 Å². The van der Waals surface area contributed by atoms with E-state index >= 15 is 0 Å². The minimum atomic E-state index is -0.612. The first-order valence-corrected chi connectivity index (χ1v) is 6.86. The average molecular weight is 312 g/mol. The summed E-state index contributed by atoms with van der Waals surface area (Å²) in [5.41, 5.74) is 6.50. The van der Waals surface area contributed by atoms with Crippen molar-refractivity contribution in [1.82, 2.24) is 0 Å². The molecule has 2 rings (SSSR count). The topological polar surface area (TPSA) is 75.4 Å². The highest BCUT2D eigenvalue weighted by atomic mass is 35.5. The number of anilines is 2. The lowest BCUT2D eigenvalue weighted by Gasteiger charge is -2.22. The number of halogens is 1. The van der Waals surface area contributed by atoms with E-state index in [0.29, 0.717) is 12.1 Å². The van der Waals surface area contributed by atoms with Gasteiger partial charge in [-0.15, -0.1) is 12.4 Å². The summed E-state index contributed by atoms with van der Waals surface area (Å²) in [7, 11) is 0. The van der Waals surface area contributed by atoms with Gasteiger partial charge in [-0.25, -0.2) is 0 Å². The molecule has 0 atom stereocenters. The van der Waals surface area contributed by atoms with Crippen molar-refractivity contribution in [3.63, 3.8) is 0 Å². The molecule has 0 unspecified atom stereocenters. The third-order valence-corrected chi connectivity index (χ3v) is 3.61. The number of nitrogens with zero attached hydrogens (tertiary/aromatic N) is 1. The van der Waals surface area contributed by atoms with Gasteiger partial charge in [0.15, 0.2) is 0 Å². The highest BCUT2D eigenvalue weighted by Crippen LogP contribution is 2.25. The van der Waals surface area contributed by atoms with Gasteiger partial charge in [-0.3, -0.25) is 9.59 Å². The predicted molar refractivity (Wildman–Crippen MR) is 86.7 cm³/mol. The van der Waals surface area contributed by atoms with E-state index in [1.165, 1.54) is 0 Å². The van der Waals surface area contributed by atoms with Crippen LogP contribution >= 0.6 is 12.4 Å². The van der Waals surface area contributed by atoms with Crippen LogP contribution < -0.4 is 16.0 Å². The van der Waals surface area contributed by atoms with E-state index in [1.807, 2.05) is 24.3 Å². The van der Waals surface area contributed by atoms with Crippen molar-refractivity contribution in [3.8, 4) is 0 Å². The maximum absolute atomic E-state index is 12.1. The largest absolute Gasteiger partial charge is 0.329 e. The number of amides is 2. The Balaban J connectivity index is 0.00000220. The van der Waals surface area contributed by atoms with Crippen LogP contribution in [0.5, 0.6) is 0 Å². The zero-order chi connectivity index (χ0) is 14.8. The van der Waals surface area contributed by atoms with Crippen LogP contribution in [0.2, 0.25) is 0 Å². The predicted octanol–water partition coefficient (Wildman–Crippen LogP) is 2.16. The van der Waals surface area contributed by atoms with Gasteiger partial charge in [-0.05, 0) is 38.5 Å². The van der Waals surface area contributed by atoms with Crippen LogP contribution in [0.15, 0.2) is 24.3 Å². The van der Waals surface area contributed by atoms with Crippen LogP contribution in [-0.2, 0) is 9.59 Å². The summed E-state index contributed by atoms with van der Waals surface area (Å²) >= 11 is 0. The molecule has 0 bridgehead atoms. The van der Waals surface area contributed by atoms with Gasteiger partial charge < -0.3 is 16.0 Å². The number of hydrogen-bond acceptors (Lipinski definition) is 3. The first kappa shape index (κ1) is 17.5. The Labute approximate surface area is 131 Å². The van der Waals surface area contributed by atoms with E-state index in [9.17, 15) is 9.59 Å². The second-order valence-corrected chi connectivity index (χ2v) is 5.74. The Bertz CT molecular complexity index is 531. The smallest absolute Gasteiger partial charge is 0.231 e. The quantitative estimate of drug-likeness (QED) is 0.894. The normalized spacial score (nSPS) is 14.8. The van der Waals surface area contributed by atoms with Crippen molar-refractivity contribution in [2.45, 2.75) is 26.7 Å². The lowest BCUT2D eigenvalue weighted by Crippen LogP contribution is -2.37. The van der Waals surface area contributed by atoms with Crippen LogP contribution in [0.25, 0.3) is 0 Å². The van der Waals surface area contributed by atoms with Crippen LogP contribution in [0.3, 0.4) is 0 Å². The van der Waals surface area contributed by atoms with Crippen molar-refractivity contribution in [3.05, 3.63) is 24.3 Å². The van der Waals surface area contributed by atoms with E-state index in [2.05, 4.69) is 5.32 Å². The summed E-state index contributed by atoms with van der Waals surface area (Å²) in [6.07, 6.45) is 1.48. The molecule has 0 aliphatic carbocycles. The zero-order valence-electron chi connectivity index (χ0n) is 12.4. The molecule has 2 amide bonds. The Morgan fingerprint density at radius 2 is 2.14 bits per heavy atom. The number of rotatable bonds is 4. The fraction of sp³-hybridized carbons (Fsp3) is 0.467. The first-order chi connectivity index (χ1) is 9.44. The third-order valence-electron chi connectivity index (χ3n) is 3.61. The molecule has 6 heteroatoms. The second-order valence-electron chi connectivity index (χ2n) is 5.74. The number of hydrogen-bond donors (Lipinski definition) is 2. The Hall–Kier alpha value is -1.59. The molecule has 1 saturated heterocycles. The number of nitrogens with two attached hydrogens (primary N) is 1. The van der Waals surface area contributed by atoms with Gasteiger partial charge in [0.1, 0.15) is 0 Å². The van der Waals surface area contributed by atoms with E-state index in [0.717, 1.165) is 18.7 Å². The van der Waals surface area contributed by atoms with Crippen molar-refractivity contribution < 1.29 is 9.59 Å². The summed E-state index contributed by atoms with van der Waals surface area (Å²) in [4.78, 5) is 25.6. The van der Waals surface area contributed by atoms with Gasteiger partial charge in [0.2, 0.25) is 11.8 Å². The molecular formula is C15H22ClN3O2. The number of carbonyl (C=O) groups is 2. The molecule has 1 fully saturated rings. The van der Waals surface area contributed by atoms with Crippen LogP contribution in [0, 0.1) is 5.41 Å². The maximum atomic E-state index is 12.1. The molecule has 1 aliphatic heterocycles. The van der Waals surface area contributed by atoms with E-state index in [-0.39, 0.29) is 30.8 Å². The van der Waals surface area contributed by atoms with Crippen molar-refractivity contribution in [2.24, 2.45) is 11.1 Å². The molecular weight excluding hydrogens is 290 g/mol. The Kier molecular flexibility index (Phi) is 5.75. The van der Waals surface area contributed by atoms with Gasteiger partial charge >= 0.3 is 0 Å². The molecule has 1 heterocycles. The molecule has 3 N–H and O–H groups in total. The fourth-order valence-corrected chi connectivity index (χ4v) is 2.07. The van der Waals surface area contributed by atoms with Crippen molar-refractivity contribution >= 4 is 35.6 Å². The third kappa shape index (κ3) is 3.95. The number of nitrogens with one attached hydrogen (secondary N) is 1. The molecule has 1 aromatic rings. The second kappa shape index (κ2) is 6.91. The summed E-state index contributed by atoms with van der Waals surface area (Å²) in [5.74, 6) is 0.0145.